The number of carbonyl (C=O) groups is 2. The maximum Gasteiger partial charge on any atom is 0.255 e. The molecule has 2 amide bonds. The Bertz CT molecular complexity index is 3340. The number of aliphatic hydroxyl groups is 2. The van der Waals surface area contributed by atoms with Crippen LogP contribution in [-0.2, 0) is 16.2 Å². The topological polar surface area (TPSA) is 266 Å². The van der Waals surface area contributed by atoms with Gasteiger partial charge in [-0.3, -0.25) is 9.59 Å². The van der Waals surface area contributed by atoms with E-state index in [0.29, 0.717) is 53.1 Å². The largest absolute Gasteiger partial charge is 0.507 e. The van der Waals surface area contributed by atoms with Crippen molar-refractivity contribution >= 4 is 29.0 Å². The van der Waals surface area contributed by atoms with E-state index in [1.807, 2.05) is 81.4 Å². The predicted molar refractivity (Wildman–Crippen MR) is 290 cm³/mol. The lowest BCUT2D eigenvalue weighted by Crippen LogP contribution is -2.54. The number of benzene rings is 2. The second-order valence-corrected chi connectivity index (χ2v) is 20.9. The highest BCUT2D eigenvalue weighted by atomic mass is 16.5. The molecule has 21 nitrogen and oxygen atoms in total. The molecule has 2 bridgehead atoms. The minimum Gasteiger partial charge on any atom is -0.507 e. The van der Waals surface area contributed by atoms with Crippen molar-refractivity contribution in [2.75, 3.05) is 41.8 Å². The number of fused-ring (bicyclic) bond motifs is 2. The summed E-state index contributed by atoms with van der Waals surface area (Å²) in [6.45, 7) is 6.91. The fraction of sp³-hybridized carbons (Fsp3) is 0.379. The molecule has 79 heavy (non-hydrogen) atoms. The van der Waals surface area contributed by atoms with Gasteiger partial charge in [0.15, 0.2) is 18.2 Å². The van der Waals surface area contributed by atoms with Crippen LogP contribution in [0, 0.1) is 17.8 Å². The third-order valence-electron chi connectivity index (χ3n) is 15.2. The van der Waals surface area contributed by atoms with Gasteiger partial charge in [0.25, 0.3) is 5.88 Å². The Morgan fingerprint density at radius 2 is 1.65 bits per heavy atom. The number of phenols is 1. The van der Waals surface area contributed by atoms with Crippen molar-refractivity contribution < 1.29 is 43.6 Å². The maximum absolute atomic E-state index is 14.2. The Labute approximate surface area is 456 Å². The number of aromatic nitrogens is 7. The van der Waals surface area contributed by atoms with Crippen molar-refractivity contribution in [2.24, 2.45) is 5.92 Å². The highest BCUT2D eigenvalue weighted by Crippen LogP contribution is 2.41. The molecule has 408 valence electrons. The SMILES string of the molecule is CC(C)[C@@H](C(=O)N1C[C@H](O)C[C@H]1C(=O)N[C@@H](C)c1ccc(-n2ccnc2CO)cc1)c1cc(OCC#Cc2ccc(OC3CC(Oc4cc(N5C6CC[C@@H]5CN(c5cc(-c7ccccc7O)nnc5N)C6)ccn4)C3)cn2)no1. The van der Waals surface area contributed by atoms with Crippen LogP contribution in [0.25, 0.3) is 16.9 Å². The number of phenolic OH excluding ortho intramolecular Hbond substituents is 1. The Morgan fingerprint density at radius 3 is 2.39 bits per heavy atom. The minimum absolute atomic E-state index is 0.00177. The number of para-hydroxylation sites is 1. The van der Waals surface area contributed by atoms with Crippen molar-refractivity contribution in [1.82, 2.24) is 45.1 Å². The molecule has 1 aliphatic carbocycles. The number of ether oxygens (including phenoxy) is 3. The molecule has 8 heterocycles. The van der Waals surface area contributed by atoms with Crippen molar-refractivity contribution in [2.45, 2.75) is 108 Å². The smallest absolute Gasteiger partial charge is 0.255 e. The van der Waals surface area contributed by atoms with E-state index < -0.39 is 24.1 Å². The number of hydrogen-bond donors (Lipinski definition) is 5. The van der Waals surface area contributed by atoms with Gasteiger partial charge in [-0.05, 0) is 90.9 Å². The summed E-state index contributed by atoms with van der Waals surface area (Å²) in [6.07, 6.45) is 9.46. The summed E-state index contributed by atoms with van der Waals surface area (Å²) in [6, 6.07) is 25.0. The first-order chi connectivity index (χ1) is 38.3. The van der Waals surface area contributed by atoms with Gasteiger partial charge in [0.1, 0.15) is 53.8 Å². The molecule has 1 unspecified atom stereocenters. The zero-order valence-corrected chi connectivity index (χ0v) is 44.0. The summed E-state index contributed by atoms with van der Waals surface area (Å²) in [5.74, 6) is 6.81. The number of imidazole rings is 1. The van der Waals surface area contributed by atoms with Gasteiger partial charge in [-0.25, -0.2) is 15.0 Å². The number of aliphatic hydroxyl groups excluding tert-OH is 2. The molecule has 3 saturated heterocycles. The van der Waals surface area contributed by atoms with E-state index in [0.717, 1.165) is 48.6 Å². The molecule has 5 aromatic heterocycles. The van der Waals surface area contributed by atoms with Crippen LogP contribution in [0.5, 0.6) is 23.3 Å². The molecule has 6 atom stereocenters. The fourth-order valence-electron chi connectivity index (χ4n) is 11.2. The number of aromatic hydroxyl groups is 1. The third kappa shape index (κ3) is 11.3. The third-order valence-corrected chi connectivity index (χ3v) is 15.2. The van der Waals surface area contributed by atoms with E-state index in [-0.39, 0.29) is 85.6 Å². The number of rotatable bonds is 17. The van der Waals surface area contributed by atoms with E-state index in [9.17, 15) is 24.9 Å². The van der Waals surface area contributed by atoms with Gasteiger partial charge >= 0.3 is 0 Å². The van der Waals surface area contributed by atoms with Gasteiger partial charge in [0.2, 0.25) is 17.7 Å². The van der Waals surface area contributed by atoms with Crippen molar-refractivity contribution in [3.8, 4) is 52.0 Å². The number of piperazine rings is 1. The lowest BCUT2D eigenvalue weighted by molar-refractivity contribution is -0.141. The van der Waals surface area contributed by atoms with Crippen molar-refractivity contribution in [3.63, 3.8) is 0 Å². The van der Waals surface area contributed by atoms with Crippen LogP contribution < -0.4 is 35.1 Å². The zero-order chi connectivity index (χ0) is 54.7. The van der Waals surface area contributed by atoms with E-state index >= 15 is 0 Å². The van der Waals surface area contributed by atoms with Gasteiger partial charge in [-0.2, -0.15) is 0 Å². The molecule has 4 aliphatic rings. The summed E-state index contributed by atoms with van der Waals surface area (Å²) >= 11 is 0. The molecular formula is C58H62N12O9. The second kappa shape index (κ2) is 22.7. The summed E-state index contributed by atoms with van der Waals surface area (Å²) in [4.78, 5) is 47.3. The van der Waals surface area contributed by atoms with Gasteiger partial charge in [0.05, 0.1) is 29.7 Å². The lowest BCUT2D eigenvalue weighted by atomic mass is 9.91. The molecule has 6 N–H and O–H groups in total. The summed E-state index contributed by atoms with van der Waals surface area (Å²) in [5, 5.41) is 46.3. The standard InChI is InChI=1S/C58H62N12O9/c1-34(2)55(58(75)69-32-42(72)24-49(69)57(74)63-35(3)36-10-13-38(14-11-36)68-21-20-60-52(68)33-71)51-28-54(66-79-51)76-22-6-7-37-12-17-43(29-62-37)77-44-25-45(26-44)78-53-23-39(18-19-61-53)70-40-15-16-41(70)31-67(30-40)48-27-47(64-65-56(48)59)46-8-4-5-9-50(46)73/h4-5,8-14,17-21,23,27-29,34-35,40-42,44-45,49,55,71-73H,15-16,22,24-26,30-33H2,1-3H3,(H2,59,65)(H,63,74)/t35-,40+,41?,42+,44?,45?,49-,55+/m0/s1. The highest BCUT2D eigenvalue weighted by Gasteiger charge is 2.44. The quantitative estimate of drug-likeness (QED) is 0.0680. The maximum atomic E-state index is 14.2. The van der Waals surface area contributed by atoms with Crippen molar-refractivity contribution in [1.29, 1.82) is 0 Å². The molecule has 1 saturated carbocycles. The monoisotopic (exact) mass is 1070 g/mol. The number of nitrogens with one attached hydrogen (secondary N) is 1. The first kappa shape index (κ1) is 52.3. The number of β-amino-alcohol motifs (C(OH)–C–C–N with tert-alkyl or cyclic N) is 1. The summed E-state index contributed by atoms with van der Waals surface area (Å²) in [5.41, 5.74) is 11.6. The molecule has 3 aliphatic heterocycles. The number of hydrogen-bond acceptors (Lipinski definition) is 18. The highest BCUT2D eigenvalue weighted by molar-refractivity contribution is 5.91. The number of anilines is 3. The molecule has 4 fully saturated rings. The number of nitrogens with zero attached hydrogens (tertiary/aromatic N) is 10. The van der Waals surface area contributed by atoms with Crippen LogP contribution in [-0.4, -0.2) is 130 Å². The normalized spacial score (nSPS) is 21.2. The first-order valence-electron chi connectivity index (χ1n) is 26.7. The average molecular weight is 1070 g/mol. The Kier molecular flexibility index (Phi) is 15.0. The predicted octanol–water partition coefficient (Wildman–Crippen LogP) is 5.74. The second-order valence-electron chi connectivity index (χ2n) is 20.9. The van der Waals surface area contributed by atoms with Gasteiger partial charge < -0.3 is 64.4 Å². The van der Waals surface area contributed by atoms with Crippen LogP contribution in [0.4, 0.5) is 17.2 Å². The number of amides is 2. The molecule has 0 spiro atoms. The minimum atomic E-state index is -0.894. The number of carbonyl (C=O) groups excluding carboxylic acids is 2. The van der Waals surface area contributed by atoms with Gasteiger partial charge in [-0.1, -0.05) is 44.0 Å². The number of likely N-dealkylation sites (tertiary alicyclic amines) is 1. The van der Waals surface area contributed by atoms with Crippen LogP contribution in [0.2, 0.25) is 0 Å². The van der Waals surface area contributed by atoms with E-state index in [1.165, 1.54) is 4.90 Å². The average Bonchev–Trinajstić information content (AvgIpc) is 4.45. The molecular weight excluding hydrogens is 1010 g/mol. The lowest BCUT2D eigenvalue weighted by Gasteiger charge is -2.43. The van der Waals surface area contributed by atoms with Crippen LogP contribution in [0.15, 0.2) is 114 Å². The van der Waals surface area contributed by atoms with E-state index in [4.69, 9.17) is 24.5 Å². The summed E-state index contributed by atoms with van der Waals surface area (Å²) < 4.78 is 25.7. The fourth-order valence-corrected chi connectivity index (χ4v) is 11.2. The van der Waals surface area contributed by atoms with Crippen LogP contribution in [0.1, 0.15) is 87.7 Å². The number of nitrogens with two attached hydrogens (primary N) is 1. The van der Waals surface area contributed by atoms with Gasteiger partial charge in [0, 0.05) is 98.6 Å². The Morgan fingerprint density at radius 1 is 0.861 bits per heavy atom. The molecule has 11 rings (SSSR count). The summed E-state index contributed by atoms with van der Waals surface area (Å²) in [7, 11) is 0. The number of pyridine rings is 2. The molecule has 21 heteroatoms. The zero-order valence-electron chi connectivity index (χ0n) is 44.0. The van der Waals surface area contributed by atoms with Crippen molar-refractivity contribution in [3.05, 3.63) is 133 Å². The number of nitrogen functional groups attached to an aromatic ring is 1. The molecule has 0 radical (unpaired) electrons. The first-order valence-corrected chi connectivity index (χ1v) is 26.7. The van der Waals surface area contributed by atoms with Crippen LogP contribution in [0.3, 0.4) is 0 Å². The Hall–Kier alpha value is -8.74. The van der Waals surface area contributed by atoms with E-state index in [1.54, 1.807) is 53.6 Å². The molecule has 2 aromatic carbocycles. The van der Waals surface area contributed by atoms with E-state index in [2.05, 4.69) is 57.3 Å². The van der Waals surface area contributed by atoms with Crippen LogP contribution >= 0.6 is 0 Å². The molecule has 7 aromatic rings. The Balaban J connectivity index is 0.627. The van der Waals surface area contributed by atoms with Gasteiger partial charge in [-0.15, -0.1) is 10.2 Å².